The number of rotatable bonds is 6. The summed E-state index contributed by atoms with van der Waals surface area (Å²) < 4.78 is 1.31. The van der Waals surface area contributed by atoms with E-state index in [2.05, 4.69) is 0 Å². The minimum absolute atomic E-state index is 0.0581. The summed E-state index contributed by atoms with van der Waals surface area (Å²) >= 11 is 11.9. The number of halogens is 2. The van der Waals surface area contributed by atoms with Crippen LogP contribution in [-0.4, -0.2) is 43.7 Å². The Morgan fingerprint density at radius 1 is 1.00 bits per heavy atom. The number of aromatic nitrogens is 1. The molecule has 0 aliphatic heterocycles. The maximum Gasteiger partial charge on any atom is 0.335 e. The van der Waals surface area contributed by atoms with Crippen molar-refractivity contribution < 1.29 is 24.9 Å². The predicted octanol–water partition coefficient (Wildman–Crippen LogP) is 4.22. The summed E-state index contributed by atoms with van der Waals surface area (Å²) in [5.74, 6) is -2.51. The first-order chi connectivity index (χ1) is 14.2. The molecule has 9 heteroatoms. The van der Waals surface area contributed by atoms with Gasteiger partial charge in [-0.25, -0.2) is 4.79 Å². The van der Waals surface area contributed by atoms with Gasteiger partial charge in [0.05, 0.1) is 22.2 Å². The number of carboxylic acid groups (broad SMARTS) is 1. The van der Waals surface area contributed by atoms with Gasteiger partial charge >= 0.3 is 5.97 Å². The molecule has 1 amide bonds. The van der Waals surface area contributed by atoms with Gasteiger partial charge in [-0.3, -0.25) is 4.79 Å². The van der Waals surface area contributed by atoms with Crippen LogP contribution in [0.15, 0.2) is 48.7 Å². The lowest BCUT2D eigenvalue weighted by atomic mass is 10.1. The zero-order valence-electron chi connectivity index (χ0n) is 15.8. The van der Waals surface area contributed by atoms with Gasteiger partial charge in [-0.2, -0.15) is 0 Å². The van der Waals surface area contributed by atoms with Gasteiger partial charge < -0.3 is 24.8 Å². The number of hydrogen-bond donors (Lipinski definition) is 3. The Hall–Kier alpha value is -3.16. The van der Waals surface area contributed by atoms with E-state index in [1.807, 2.05) is 0 Å². The van der Waals surface area contributed by atoms with E-state index >= 15 is 0 Å². The monoisotopic (exact) mass is 448 g/mol. The highest BCUT2D eigenvalue weighted by molar-refractivity contribution is 6.42. The quantitative estimate of drug-likeness (QED) is 0.523. The van der Waals surface area contributed by atoms with Gasteiger partial charge in [0.25, 0.3) is 5.91 Å². The van der Waals surface area contributed by atoms with Crippen LogP contribution in [0, 0.1) is 0 Å². The Bertz CT molecular complexity index is 1110. The van der Waals surface area contributed by atoms with E-state index in [1.165, 1.54) is 27.8 Å². The van der Waals surface area contributed by atoms with Gasteiger partial charge in [0.1, 0.15) is 5.56 Å². The van der Waals surface area contributed by atoms with E-state index in [1.54, 1.807) is 37.4 Å². The Morgan fingerprint density at radius 3 is 2.23 bits per heavy atom. The fraction of sp³-hybridized carbons (Fsp3) is 0.143. The second-order valence-corrected chi connectivity index (χ2v) is 7.57. The maximum absolute atomic E-state index is 12.8. The van der Waals surface area contributed by atoms with Crippen molar-refractivity contribution in [2.24, 2.45) is 0 Å². The maximum atomic E-state index is 12.8. The molecule has 1 aromatic heterocycles. The molecule has 0 radical (unpaired) electrons. The zero-order chi connectivity index (χ0) is 22.0. The highest BCUT2D eigenvalue weighted by Gasteiger charge is 2.23. The Kier molecular flexibility index (Phi) is 6.24. The Morgan fingerprint density at radius 2 is 1.63 bits per heavy atom. The lowest BCUT2D eigenvalue weighted by Crippen LogP contribution is -2.26. The summed E-state index contributed by atoms with van der Waals surface area (Å²) in [7, 11) is 1.56. The molecule has 0 fully saturated rings. The van der Waals surface area contributed by atoms with Crippen LogP contribution < -0.4 is 0 Å². The molecule has 7 nitrogen and oxygen atoms in total. The number of aromatic hydroxyl groups is 2. The van der Waals surface area contributed by atoms with Gasteiger partial charge in [0.2, 0.25) is 5.88 Å². The summed E-state index contributed by atoms with van der Waals surface area (Å²) in [5, 5.41) is 30.2. The Balaban J connectivity index is 1.78. The summed E-state index contributed by atoms with van der Waals surface area (Å²) in [4.78, 5) is 25.1. The molecule has 0 atom stereocenters. The lowest BCUT2D eigenvalue weighted by molar-refractivity contribution is 0.0696. The van der Waals surface area contributed by atoms with Crippen LogP contribution in [0.3, 0.4) is 0 Å². The van der Waals surface area contributed by atoms with Gasteiger partial charge in [-0.15, -0.1) is 0 Å². The Labute approximate surface area is 182 Å². The third-order valence-corrected chi connectivity index (χ3v) is 5.30. The molecule has 3 N–H and O–H groups in total. The minimum atomic E-state index is -1.04. The third kappa shape index (κ3) is 4.53. The molecule has 0 saturated carbocycles. The molecule has 0 saturated heterocycles. The molecule has 2 aromatic carbocycles. The second kappa shape index (κ2) is 8.69. The third-order valence-electron chi connectivity index (χ3n) is 4.56. The van der Waals surface area contributed by atoms with E-state index in [0.29, 0.717) is 15.6 Å². The van der Waals surface area contributed by atoms with E-state index in [4.69, 9.17) is 28.3 Å². The van der Waals surface area contributed by atoms with E-state index in [9.17, 15) is 19.8 Å². The minimum Gasteiger partial charge on any atom is -0.503 e. The molecular formula is C21H18Cl2N2O5. The summed E-state index contributed by atoms with van der Waals surface area (Å²) in [6, 6.07) is 11.1. The number of carboxylic acids is 1. The fourth-order valence-corrected chi connectivity index (χ4v) is 3.27. The van der Waals surface area contributed by atoms with Gasteiger partial charge in [-0.05, 0) is 35.4 Å². The van der Waals surface area contributed by atoms with Crippen LogP contribution in [-0.2, 0) is 13.1 Å². The van der Waals surface area contributed by atoms with Crippen molar-refractivity contribution in [2.75, 3.05) is 7.05 Å². The molecule has 3 aromatic rings. The number of carbonyl (C=O) groups excluding carboxylic acids is 1. The van der Waals surface area contributed by atoms with Crippen molar-refractivity contribution in [3.8, 4) is 11.6 Å². The average molecular weight is 449 g/mol. The van der Waals surface area contributed by atoms with Crippen molar-refractivity contribution in [3.05, 3.63) is 81.0 Å². The summed E-state index contributed by atoms with van der Waals surface area (Å²) in [6.07, 6.45) is 1.35. The lowest BCUT2D eigenvalue weighted by Gasteiger charge is -2.17. The van der Waals surface area contributed by atoms with Gasteiger partial charge in [0.15, 0.2) is 5.75 Å². The largest absolute Gasteiger partial charge is 0.503 e. The van der Waals surface area contributed by atoms with Crippen LogP contribution in [0.1, 0.15) is 31.8 Å². The first-order valence-electron chi connectivity index (χ1n) is 8.80. The molecule has 0 spiro atoms. The predicted molar refractivity (Wildman–Crippen MR) is 113 cm³/mol. The van der Waals surface area contributed by atoms with Gasteiger partial charge in [0, 0.05) is 19.8 Å². The van der Waals surface area contributed by atoms with Crippen LogP contribution in [0.5, 0.6) is 11.6 Å². The molecule has 0 aliphatic rings. The van der Waals surface area contributed by atoms with E-state index in [0.717, 1.165) is 5.56 Å². The number of nitrogens with zero attached hydrogens (tertiary/aromatic N) is 2. The number of benzene rings is 2. The summed E-state index contributed by atoms with van der Waals surface area (Å²) in [6.45, 7) is 0.362. The number of amides is 1. The number of aromatic carboxylic acids is 1. The molecule has 1 heterocycles. The number of carbonyl (C=O) groups is 2. The summed E-state index contributed by atoms with van der Waals surface area (Å²) in [5.41, 5.74) is 1.52. The fourth-order valence-electron chi connectivity index (χ4n) is 2.95. The second-order valence-electron chi connectivity index (χ2n) is 6.75. The molecule has 156 valence electrons. The topological polar surface area (TPSA) is 103 Å². The number of hydrogen-bond acceptors (Lipinski definition) is 4. The van der Waals surface area contributed by atoms with Crippen molar-refractivity contribution in [3.63, 3.8) is 0 Å². The zero-order valence-corrected chi connectivity index (χ0v) is 17.4. The highest BCUT2D eigenvalue weighted by Crippen LogP contribution is 2.33. The first-order valence-corrected chi connectivity index (χ1v) is 9.55. The van der Waals surface area contributed by atoms with Crippen molar-refractivity contribution in [2.45, 2.75) is 13.1 Å². The molecule has 0 aliphatic carbocycles. The average Bonchev–Trinajstić information content (AvgIpc) is 2.99. The van der Waals surface area contributed by atoms with Crippen molar-refractivity contribution >= 4 is 35.1 Å². The normalized spacial score (nSPS) is 10.8. The SMILES string of the molecule is CN(Cc1ccc(Cl)c(Cl)c1)C(=O)c1cn(Cc2ccc(C(=O)O)cc2)c(O)c1O. The molecule has 30 heavy (non-hydrogen) atoms. The van der Waals surface area contributed by atoms with Gasteiger partial charge in [-0.1, -0.05) is 41.4 Å². The molecule has 3 rings (SSSR count). The molecular weight excluding hydrogens is 431 g/mol. The van der Waals surface area contributed by atoms with Crippen LogP contribution in [0.4, 0.5) is 0 Å². The first kappa shape index (κ1) is 21.5. The van der Waals surface area contributed by atoms with E-state index in [-0.39, 0.29) is 24.2 Å². The molecule has 0 unspecified atom stereocenters. The smallest absolute Gasteiger partial charge is 0.335 e. The highest BCUT2D eigenvalue weighted by atomic mass is 35.5. The van der Waals surface area contributed by atoms with Crippen molar-refractivity contribution in [1.82, 2.24) is 9.47 Å². The van der Waals surface area contributed by atoms with Crippen molar-refractivity contribution in [1.29, 1.82) is 0 Å². The molecule has 0 bridgehead atoms. The van der Waals surface area contributed by atoms with Crippen LogP contribution >= 0.6 is 23.2 Å². The van der Waals surface area contributed by atoms with Crippen LogP contribution in [0.2, 0.25) is 10.0 Å². The standard InChI is InChI=1S/C21H18Cl2N2O5/c1-24(9-13-4-7-16(22)17(23)8-13)19(27)15-11-25(20(28)18(15)26)10-12-2-5-14(6-3-12)21(29)30/h2-8,11,26,28H,9-10H2,1H3,(H,29,30). The van der Waals surface area contributed by atoms with E-state index < -0.39 is 23.5 Å². The van der Waals surface area contributed by atoms with Crippen LogP contribution in [0.25, 0.3) is 0 Å².